The van der Waals surface area contributed by atoms with Gasteiger partial charge in [-0.05, 0) is 17.7 Å². The topological polar surface area (TPSA) is 144 Å². The quantitative estimate of drug-likeness (QED) is 0.255. The number of piperazine rings is 1. The van der Waals surface area contributed by atoms with Crippen LogP contribution in [0.15, 0.2) is 47.7 Å². The van der Waals surface area contributed by atoms with Gasteiger partial charge < -0.3 is 34.4 Å². The maximum absolute atomic E-state index is 14.1. The number of amides is 1. The van der Waals surface area contributed by atoms with Crippen LogP contribution in [0.5, 0.6) is 5.75 Å². The summed E-state index contributed by atoms with van der Waals surface area (Å²) in [5, 5.41) is 16.9. The van der Waals surface area contributed by atoms with E-state index in [0.717, 1.165) is 6.20 Å². The smallest absolute Gasteiger partial charge is 0.423 e. The van der Waals surface area contributed by atoms with Crippen LogP contribution in [0, 0.1) is 0 Å². The summed E-state index contributed by atoms with van der Waals surface area (Å²) < 4.78 is 96.8. The molecular weight excluding hydrogens is 656 g/mol. The number of rotatable bonds is 13. The molecule has 1 amide bonds. The highest BCUT2D eigenvalue weighted by Gasteiger charge is 2.39. The number of nitrogens with one attached hydrogen (secondary N) is 1. The van der Waals surface area contributed by atoms with Gasteiger partial charge in [-0.15, -0.1) is 0 Å². The van der Waals surface area contributed by atoms with Crippen LogP contribution >= 0.6 is 0 Å². The first-order chi connectivity index (χ1) is 22.7. The maximum Gasteiger partial charge on any atom is 0.423 e. The molecule has 13 nitrogen and oxygen atoms in total. The second kappa shape index (κ2) is 15.6. The number of benzene rings is 1. The highest BCUT2D eigenvalue weighted by Crippen LogP contribution is 2.32. The van der Waals surface area contributed by atoms with Crippen molar-refractivity contribution < 1.29 is 50.5 Å². The second-order valence-corrected chi connectivity index (χ2v) is 10.7. The zero-order valence-electron chi connectivity index (χ0n) is 25.8. The Bertz CT molecular complexity index is 1560. The number of aliphatic hydroxyl groups is 1. The molecule has 0 bridgehead atoms. The van der Waals surface area contributed by atoms with E-state index in [1.807, 2.05) is 0 Å². The SMILES string of the molecule is COCC(COCC(O)C(=O)N1CCN(c2ncc(C(F)(F)F)cn2)CC1)Nc1cnn(Cc2ccc(OC)cc2)c(=O)c1C(F)(F)F. The van der Waals surface area contributed by atoms with Crippen molar-refractivity contribution in [3.05, 3.63) is 69.9 Å². The highest BCUT2D eigenvalue weighted by molar-refractivity contribution is 5.81. The number of hydrogen-bond donors (Lipinski definition) is 2. The van der Waals surface area contributed by atoms with Gasteiger partial charge in [-0.1, -0.05) is 12.1 Å². The molecule has 0 radical (unpaired) electrons. The lowest BCUT2D eigenvalue weighted by Crippen LogP contribution is -2.52. The van der Waals surface area contributed by atoms with Crippen LogP contribution in [0.4, 0.5) is 38.0 Å². The standard InChI is InChI=1S/C29H33F6N7O6/c1-46-15-20(39-22-13-38-42(26(45)24(22)29(33,34)35)14-18-3-5-21(47-2)6-4-18)16-48-17-23(43)25(44)40-7-9-41(10-8-40)27-36-11-19(12-37-27)28(30,31)32/h3-6,11-13,20,23,39,43H,7-10,14-17H2,1-2H3. The number of aliphatic hydroxyl groups excluding tert-OH is 1. The summed E-state index contributed by atoms with van der Waals surface area (Å²) in [5.41, 5.74) is -3.91. The Morgan fingerprint density at radius 3 is 2.15 bits per heavy atom. The van der Waals surface area contributed by atoms with Crippen molar-refractivity contribution in [1.82, 2.24) is 24.6 Å². The number of methoxy groups -OCH3 is 2. The van der Waals surface area contributed by atoms with Gasteiger partial charge in [0, 0.05) is 45.7 Å². The Morgan fingerprint density at radius 2 is 1.58 bits per heavy atom. The zero-order chi connectivity index (χ0) is 35.1. The highest BCUT2D eigenvalue weighted by atomic mass is 19.4. The van der Waals surface area contributed by atoms with E-state index in [2.05, 4.69) is 20.4 Å². The van der Waals surface area contributed by atoms with E-state index in [-0.39, 0.29) is 51.9 Å². The fraction of sp³-hybridized carbons (Fsp3) is 0.483. The molecule has 0 saturated carbocycles. The van der Waals surface area contributed by atoms with Crippen LogP contribution in [-0.2, 0) is 33.2 Å². The van der Waals surface area contributed by atoms with Crippen LogP contribution in [0.2, 0.25) is 0 Å². The molecule has 0 spiro atoms. The number of hydrogen-bond acceptors (Lipinski definition) is 11. The molecule has 4 rings (SSSR count). The van der Waals surface area contributed by atoms with Gasteiger partial charge in [0.25, 0.3) is 11.5 Å². The number of halogens is 6. The van der Waals surface area contributed by atoms with Crippen molar-refractivity contribution in [3.8, 4) is 5.75 Å². The molecule has 1 aliphatic rings. The fourth-order valence-electron chi connectivity index (χ4n) is 4.80. The minimum atomic E-state index is -5.03. The zero-order valence-corrected chi connectivity index (χ0v) is 25.8. The molecule has 262 valence electrons. The number of alkyl halides is 6. The molecule has 3 heterocycles. The van der Waals surface area contributed by atoms with Gasteiger partial charge in [-0.3, -0.25) is 9.59 Å². The van der Waals surface area contributed by atoms with Crippen LogP contribution in [0.1, 0.15) is 16.7 Å². The van der Waals surface area contributed by atoms with Crippen LogP contribution in [-0.4, -0.2) is 108 Å². The van der Waals surface area contributed by atoms with Crippen molar-refractivity contribution in [3.63, 3.8) is 0 Å². The van der Waals surface area contributed by atoms with Crippen molar-refractivity contribution in [2.75, 3.05) is 70.4 Å². The lowest BCUT2D eigenvalue weighted by Gasteiger charge is -2.35. The molecule has 0 aliphatic carbocycles. The molecule has 1 aromatic carbocycles. The summed E-state index contributed by atoms with van der Waals surface area (Å²) >= 11 is 0. The number of anilines is 2. The Labute approximate surface area is 270 Å². The lowest BCUT2D eigenvalue weighted by molar-refractivity contribution is -0.144. The minimum absolute atomic E-state index is 0.0640. The van der Waals surface area contributed by atoms with Crippen molar-refractivity contribution in [2.24, 2.45) is 0 Å². The van der Waals surface area contributed by atoms with Gasteiger partial charge in [-0.2, -0.15) is 31.4 Å². The molecule has 2 aromatic heterocycles. The molecule has 1 aliphatic heterocycles. The molecule has 2 unspecified atom stereocenters. The molecule has 1 fully saturated rings. The van der Waals surface area contributed by atoms with Gasteiger partial charge in [0.1, 0.15) is 11.3 Å². The van der Waals surface area contributed by atoms with Gasteiger partial charge >= 0.3 is 12.4 Å². The third kappa shape index (κ3) is 9.32. The van der Waals surface area contributed by atoms with Crippen molar-refractivity contribution in [2.45, 2.75) is 31.0 Å². The van der Waals surface area contributed by atoms with Crippen LogP contribution in [0.25, 0.3) is 0 Å². The third-order valence-corrected chi connectivity index (χ3v) is 7.27. The third-order valence-electron chi connectivity index (χ3n) is 7.27. The summed E-state index contributed by atoms with van der Waals surface area (Å²) in [4.78, 5) is 36.1. The average Bonchev–Trinajstić information content (AvgIpc) is 3.05. The fourth-order valence-corrected chi connectivity index (χ4v) is 4.80. The van der Waals surface area contributed by atoms with E-state index in [9.17, 15) is 41.0 Å². The Kier molecular flexibility index (Phi) is 11.8. The van der Waals surface area contributed by atoms with Crippen LogP contribution in [0.3, 0.4) is 0 Å². The minimum Gasteiger partial charge on any atom is -0.497 e. The van der Waals surface area contributed by atoms with Gasteiger partial charge in [0.05, 0.1) is 57.0 Å². The predicted octanol–water partition coefficient (Wildman–Crippen LogP) is 2.28. The monoisotopic (exact) mass is 689 g/mol. The molecule has 48 heavy (non-hydrogen) atoms. The van der Waals surface area contributed by atoms with E-state index in [0.29, 0.717) is 28.4 Å². The summed E-state index contributed by atoms with van der Waals surface area (Å²) in [5.74, 6) is -0.0801. The normalized spacial score (nSPS) is 15.3. The van der Waals surface area contributed by atoms with E-state index < -0.39 is 59.4 Å². The second-order valence-electron chi connectivity index (χ2n) is 10.7. The summed E-state index contributed by atoms with van der Waals surface area (Å²) in [6, 6.07) is 5.45. The molecule has 19 heteroatoms. The predicted molar refractivity (Wildman–Crippen MR) is 158 cm³/mol. The number of nitrogens with zero attached hydrogens (tertiary/aromatic N) is 6. The average molecular weight is 690 g/mol. The summed E-state index contributed by atoms with van der Waals surface area (Å²) in [6.45, 7) is -0.584. The molecule has 1 saturated heterocycles. The largest absolute Gasteiger partial charge is 0.497 e. The Balaban J connectivity index is 1.33. The van der Waals surface area contributed by atoms with E-state index >= 15 is 0 Å². The Morgan fingerprint density at radius 1 is 0.938 bits per heavy atom. The molecule has 3 aromatic rings. The first kappa shape index (κ1) is 36.3. The molecule has 2 atom stereocenters. The molecule has 2 N–H and O–H groups in total. The van der Waals surface area contributed by atoms with E-state index in [1.165, 1.54) is 19.1 Å². The van der Waals surface area contributed by atoms with E-state index in [4.69, 9.17) is 14.2 Å². The maximum atomic E-state index is 14.1. The first-order valence-electron chi connectivity index (χ1n) is 14.5. The number of aromatic nitrogens is 4. The Hall–Kier alpha value is -4.49. The van der Waals surface area contributed by atoms with Gasteiger partial charge in [0.2, 0.25) is 5.95 Å². The number of ether oxygens (including phenoxy) is 3. The number of carbonyl (C=O) groups is 1. The van der Waals surface area contributed by atoms with Crippen LogP contribution < -0.4 is 20.5 Å². The summed E-state index contributed by atoms with van der Waals surface area (Å²) in [6.07, 6.45) is -9.00. The van der Waals surface area contributed by atoms with Gasteiger partial charge in [-0.25, -0.2) is 14.6 Å². The van der Waals surface area contributed by atoms with E-state index in [1.54, 1.807) is 29.2 Å². The van der Waals surface area contributed by atoms with Crippen molar-refractivity contribution >= 4 is 17.5 Å². The number of carbonyl (C=O) groups excluding carboxylic acids is 1. The molecular formula is C29H33F6N7O6. The summed E-state index contributed by atoms with van der Waals surface area (Å²) in [7, 11) is 2.77. The lowest BCUT2D eigenvalue weighted by atomic mass is 10.2. The van der Waals surface area contributed by atoms with Crippen molar-refractivity contribution in [1.29, 1.82) is 0 Å². The van der Waals surface area contributed by atoms with Gasteiger partial charge in [0.15, 0.2) is 6.10 Å². The first-order valence-corrected chi connectivity index (χ1v) is 14.5.